The summed E-state index contributed by atoms with van der Waals surface area (Å²) in [4.78, 5) is 4.68. The first kappa shape index (κ1) is 18.8. The molecule has 1 unspecified atom stereocenters. The third-order valence-electron chi connectivity index (χ3n) is 3.95. The number of allylic oxidation sites excluding steroid dienone is 2. The normalized spacial score (nSPS) is 16.9. The Labute approximate surface area is 152 Å². The molecule has 120 valence electrons. The van der Waals surface area contributed by atoms with Gasteiger partial charge in [0.05, 0.1) is 6.04 Å². The molecule has 0 radical (unpaired) electrons. The molecular weight excluding hydrogens is 383 g/mol. The van der Waals surface area contributed by atoms with Crippen LogP contribution in [0.2, 0.25) is 0 Å². The second kappa shape index (κ2) is 9.72. The predicted octanol–water partition coefficient (Wildman–Crippen LogP) is 4.94. The van der Waals surface area contributed by atoms with Gasteiger partial charge in [-0.25, -0.2) is 0 Å². The summed E-state index contributed by atoms with van der Waals surface area (Å²) in [5.41, 5.74) is 2.55. The smallest absolute Gasteiger partial charge is 0.0657 e. The highest BCUT2D eigenvalue weighted by Crippen LogP contribution is 2.17. The average molecular weight is 410 g/mol. The highest BCUT2D eigenvalue weighted by Gasteiger charge is 2.08. The first-order valence-corrected chi connectivity index (χ1v) is 7.92. The van der Waals surface area contributed by atoms with Crippen LogP contribution in [0.3, 0.4) is 0 Å². The number of nitrogens with zero attached hydrogens (tertiary/aromatic N) is 2. The molecular formula is C19H27IN2. The molecule has 2 nitrogen and oxygen atoms in total. The van der Waals surface area contributed by atoms with Crippen LogP contribution < -0.4 is 4.90 Å². The first-order chi connectivity index (χ1) is 10.3. The van der Waals surface area contributed by atoms with Gasteiger partial charge in [0.15, 0.2) is 0 Å². The van der Waals surface area contributed by atoms with E-state index in [2.05, 4.69) is 91.4 Å². The van der Waals surface area contributed by atoms with Gasteiger partial charge in [-0.3, -0.25) is 0 Å². The fraction of sp³-hybridized carbons (Fsp3) is 0.368. The van der Waals surface area contributed by atoms with Gasteiger partial charge in [-0.1, -0.05) is 36.4 Å². The van der Waals surface area contributed by atoms with Gasteiger partial charge in [-0.05, 0) is 50.7 Å². The Bertz CT molecular complexity index is 513. The highest BCUT2D eigenvalue weighted by atomic mass is 127. The van der Waals surface area contributed by atoms with Gasteiger partial charge in [-0.2, -0.15) is 0 Å². The number of hydrogen-bond acceptors (Lipinski definition) is 2. The van der Waals surface area contributed by atoms with Crippen molar-refractivity contribution in [1.82, 2.24) is 4.90 Å². The number of benzene rings is 1. The minimum Gasteiger partial charge on any atom is -0.372 e. The zero-order chi connectivity index (χ0) is 15.1. The molecule has 0 spiro atoms. The third-order valence-corrected chi connectivity index (χ3v) is 3.95. The maximum absolute atomic E-state index is 2.36. The summed E-state index contributed by atoms with van der Waals surface area (Å²) in [7, 11) is 0. The summed E-state index contributed by atoms with van der Waals surface area (Å²) in [5.74, 6) is 0. The van der Waals surface area contributed by atoms with Crippen molar-refractivity contribution in [3.63, 3.8) is 0 Å². The molecule has 3 heteroatoms. The van der Waals surface area contributed by atoms with Crippen molar-refractivity contribution in [2.45, 2.75) is 26.8 Å². The molecule has 0 saturated heterocycles. The van der Waals surface area contributed by atoms with E-state index in [-0.39, 0.29) is 24.0 Å². The molecule has 0 saturated carbocycles. The van der Waals surface area contributed by atoms with Gasteiger partial charge in [-0.15, -0.1) is 24.0 Å². The Morgan fingerprint density at radius 1 is 1.05 bits per heavy atom. The summed E-state index contributed by atoms with van der Waals surface area (Å²) in [6, 6.07) is 9.18. The SMILES string of the molecule is CCN(CC)c1ccc(C=CC2C=CC=CN2CC)cc1.I. The van der Waals surface area contributed by atoms with Crippen molar-refractivity contribution < 1.29 is 0 Å². The molecule has 1 heterocycles. The number of likely N-dealkylation sites (N-methyl/N-ethyl adjacent to an activating group) is 1. The quantitative estimate of drug-likeness (QED) is 0.614. The lowest BCUT2D eigenvalue weighted by Crippen LogP contribution is -2.28. The molecule has 1 aromatic carbocycles. The van der Waals surface area contributed by atoms with Crippen molar-refractivity contribution in [1.29, 1.82) is 0 Å². The largest absolute Gasteiger partial charge is 0.372 e. The van der Waals surface area contributed by atoms with Gasteiger partial charge in [0.2, 0.25) is 0 Å². The van der Waals surface area contributed by atoms with Crippen LogP contribution in [-0.2, 0) is 0 Å². The Hall–Kier alpha value is -1.23. The van der Waals surface area contributed by atoms with Crippen LogP contribution in [0.5, 0.6) is 0 Å². The van der Waals surface area contributed by atoms with E-state index < -0.39 is 0 Å². The van der Waals surface area contributed by atoms with Crippen molar-refractivity contribution in [2.75, 3.05) is 24.5 Å². The van der Waals surface area contributed by atoms with E-state index in [4.69, 9.17) is 0 Å². The second-order valence-electron chi connectivity index (χ2n) is 5.17. The van der Waals surface area contributed by atoms with Gasteiger partial charge in [0.25, 0.3) is 0 Å². The van der Waals surface area contributed by atoms with E-state index in [1.54, 1.807) is 0 Å². The van der Waals surface area contributed by atoms with Crippen LogP contribution in [0.1, 0.15) is 26.3 Å². The van der Waals surface area contributed by atoms with Crippen LogP contribution in [0, 0.1) is 0 Å². The average Bonchev–Trinajstić information content (AvgIpc) is 2.55. The summed E-state index contributed by atoms with van der Waals surface area (Å²) < 4.78 is 0. The molecule has 22 heavy (non-hydrogen) atoms. The molecule has 0 aromatic heterocycles. The van der Waals surface area contributed by atoms with Crippen LogP contribution in [0.15, 0.2) is 54.8 Å². The number of halogens is 1. The molecule has 0 aliphatic carbocycles. The lowest BCUT2D eigenvalue weighted by atomic mass is 10.1. The summed E-state index contributed by atoms with van der Waals surface area (Å²) in [6.45, 7) is 9.70. The van der Waals surface area contributed by atoms with E-state index in [1.807, 2.05) is 0 Å². The van der Waals surface area contributed by atoms with E-state index in [0.717, 1.165) is 19.6 Å². The van der Waals surface area contributed by atoms with Crippen LogP contribution in [0.4, 0.5) is 5.69 Å². The second-order valence-corrected chi connectivity index (χ2v) is 5.17. The highest BCUT2D eigenvalue weighted by molar-refractivity contribution is 14.0. The topological polar surface area (TPSA) is 6.48 Å². The summed E-state index contributed by atoms with van der Waals surface area (Å²) in [5, 5.41) is 0. The fourth-order valence-electron chi connectivity index (χ4n) is 2.63. The minimum absolute atomic E-state index is 0. The standard InChI is InChI=1S/C19H26N2.HI/c1-4-20(5-2)19-14-11-17(12-15-19)10-13-18-9-7-8-16-21(18)6-3;/h7-16,18H,4-6H2,1-3H3;1H. The minimum atomic E-state index is 0. The number of rotatable bonds is 6. The Morgan fingerprint density at radius 3 is 2.32 bits per heavy atom. The zero-order valence-corrected chi connectivity index (χ0v) is 16.1. The summed E-state index contributed by atoms with van der Waals surface area (Å²) in [6.07, 6.45) is 13.1. The maximum atomic E-state index is 2.36. The van der Waals surface area contributed by atoms with Crippen LogP contribution in [0.25, 0.3) is 6.08 Å². The van der Waals surface area contributed by atoms with E-state index >= 15 is 0 Å². The molecule has 0 amide bonds. The lowest BCUT2D eigenvalue weighted by Gasteiger charge is -2.26. The van der Waals surface area contributed by atoms with Gasteiger partial charge >= 0.3 is 0 Å². The van der Waals surface area contributed by atoms with Crippen molar-refractivity contribution in [2.24, 2.45) is 0 Å². The lowest BCUT2D eigenvalue weighted by molar-refractivity contribution is 0.376. The molecule has 1 aromatic rings. The summed E-state index contributed by atoms with van der Waals surface area (Å²) >= 11 is 0. The predicted molar refractivity (Wildman–Crippen MR) is 109 cm³/mol. The van der Waals surface area contributed by atoms with Crippen molar-refractivity contribution in [3.05, 3.63) is 60.3 Å². The Kier molecular flexibility index (Phi) is 8.31. The first-order valence-electron chi connectivity index (χ1n) is 7.92. The molecule has 1 aliphatic rings. The molecule has 1 atom stereocenters. The zero-order valence-electron chi connectivity index (χ0n) is 13.8. The van der Waals surface area contributed by atoms with Gasteiger partial charge in [0, 0.05) is 25.3 Å². The molecule has 1 aliphatic heterocycles. The number of anilines is 1. The van der Waals surface area contributed by atoms with E-state index in [1.165, 1.54) is 11.3 Å². The van der Waals surface area contributed by atoms with Crippen LogP contribution in [-0.4, -0.2) is 30.6 Å². The van der Waals surface area contributed by atoms with Gasteiger partial charge in [0.1, 0.15) is 0 Å². The van der Waals surface area contributed by atoms with E-state index in [9.17, 15) is 0 Å². The Balaban J connectivity index is 0.00000242. The van der Waals surface area contributed by atoms with Crippen molar-refractivity contribution in [3.8, 4) is 0 Å². The molecule has 0 fully saturated rings. The third kappa shape index (κ3) is 4.90. The van der Waals surface area contributed by atoms with Crippen molar-refractivity contribution >= 4 is 35.7 Å². The molecule has 0 N–H and O–H groups in total. The Morgan fingerprint density at radius 2 is 1.73 bits per heavy atom. The van der Waals surface area contributed by atoms with E-state index in [0.29, 0.717) is 6.04 Å². The monoisotopic (exact) mass is 410 g/mol. The fourth-order valence-corrected chi connectivity index (χ4v) is 2.63. The molecule has 2 rings (SSSR count). The number of hydrogen-bond donors (Lipinski definition) is 0. The van der Waals surface area contributed by atoms with Gasteiger partial charge < -0.3 is 9.80 Å². The maximum Gasteiger partial charge on any atom is 0.0657 e. The van der Waals surface area contributed by atoms with Crippen LogP contribution >= 0.6 is 24.0 Å². The molecule has 0 bridgehead atoms.